The number of aryl methyl sites for hydroxylation is 1. The predicted octanol–water partition coefficient (Wildman–Crippen LogP) is 2.36. The zero-order valence-corrected chi connectivity index (χ0v) is 7.53. The second-order valence-corrected chi connectivity index (χ2v) is 3.35. The maximum absolute atomic E-state index is 5.38. The van der Waals surface area contributed by atoms with E-state index >= 15 is 0 Å². The Labute approximate surface area is 71.0 Å². The second-order valence-electron chi connectivity index (χ2n) is 3.35. The van der Waals surface area contributed by atoms with E-state index in [1.807, 2.05) is 17.6 Å². The first-order valence-electron chi connectivity index (χ1n) is 4.12. The summed E-state index contributed by atoms with van der Waals surface area (Å²) in [6.07, 6.45) is 3.60. The van der Waals surface area contributed by atoms with E-state index in [1.165, 1.54) is 5.56 Å². The van der Waals surface area contributed by atoms with Crippen LogP contribution in [-0.2, 0) is 0 Å². The lowest BCUT2D eigenvalue weighted by Crippen LogP contribution is -1.85. The summed E-state index contributed by atoms with van der Waals surface area (Å²) >= 11 is 0. The lowest BCUT2D eigenvalue weighted by Gasteiger charge is -1.96. The minimum Gasteiger partial charge on any atom is -0.444 e. The molecule has 2 heterocycles. The van der Waals surface area contributed by atoms with Gasteiger partial charge < -0.3 is 4.42 Å². The molecule has 0 unspecified atom stereocenters. The SMILES string of the molecule is Cc1coc2c(C(C)C)cnn12. The third-order valence-electron chi connectivity index (χ3n) is 2.05. The van der Waals surface area contributed by atoms with Gasteiger partial charge in [-0.05, 0) is 12.8 Å². The number of oxazole rings is 1. The van der Waals surface area contributed by atoms with Crippen LogP contribution in [-0.4, -0.2) is 9.61 Å². The fourth-order valence-corrected chi connectivity index (χ4v) is 1.31. The second kappa shape index (κ2) is 2.37. The molecule has 0 aliphatic heterocycles. The molecule has 0 atom stereocenters. The third-order valence-corrected chi connectivity index (χ3v) is 2.05. The Morgan fingerprint density at radius 2 is 2.25 bits per heavy atom. The minimum atomic E-state index is 0.466. The number of aromatic nitrogens is 2. The summed E-state index contributed by atoms with van der Waals surface area (Å²) in [6, 6.07) is 0. The molecule has 0 bridgehead atoms. The van der Waals surface area contributed by atoms with Crippen LogP contribution >= 0.6 is 0 Å². The molecule has 0 aromatic carbocycles. The monoisotopic (exact) mass is 164 g/mol. The largest absolute Gasteiger partial charge is 0.444 e. The van der Waals surface area contributed by atoms with E-state index in [9.17, 15) is 0 Å². The van der Waals surface area contributed by atoms with Gasteiger partial charge in [0.25, 0.3) is 0 Å². The summed E-state index contributed by atoms with van der Waals surface area (Å²) < 4.78 is 7.21. The van der Waals surface area contributed by atoms with E-state index in [0.29, 0.717) is 5.92 Å². The highest BCUT2D eigenvalue weighted by Crippen LogP contribution is 2.21. The lowest BCUT2D eigenvalue weighted by molar-refractivity contribution is 0.597. The van der Waals surface area contributed by atoms with Gasteiger partial charge in [-0.1, -0.05) is 13.8 Å². The molecule has 0 saturated carbocycles. The first kappa shape index (κ1) is 7.40. The molecule has 2 rings (SSSR count). The lowest BCUT2D eigenvalue weighted by atomic mass is 10.1. The highest BCUT2D eigenvalue weighted by atomic mass is 16.3. The van der Waals surface area contributed by atoms with E-state index in [0.717, 1.165) is 11.4 Å². The molecule has 0 saturated heterocycles. The van der Waals surface area contributed by atoms with Gasteiger partial charge in [-0.25, -0.2) is 4.52 Å². The Bertz CT molecular complexity index is 397. The normalized spacial score (nSPS) is 11.7. The van der Waals surface area contributed by atoms with Gasteiger partial charge in [0.05, 0.1) is 11.9 Å². The molecule has 2 aromatic heterocycles. The molecular formula is C9H12N2O. The quantitative estimate of drug-likeness (QED) is 0.647. The number of nitrogens with zero attached hydrogens (tertiary/aromatic N) is 2. The van der Waals surface area contributed by atoms with E-state index in [-0.39, 0.29) is 0 Å². The van der Waals surface area contributed by atoms with Crippen LogP contribution in [0, 0.1) is 6.92 Å². The number of fused-ring (bicyclic) bond motifs is 1. The first-order valence-corrected chi connectivity index (χ1v) is 4.12. The van der Waals surface area contributed by atoms with Crippen molar-refractivity contribution in [2.45, 2.75) is 26.7 Å². The molecule has 0 radical (unpaired) electrons. The Morgan fingerprint density at radius 1 is 1.50 bits per heavy atom. The van der Waals surface area contributed by atoms with Crippen molar-refractivity contribution in [1.29, 1.82) is 0 Å². The average molecular weight is 164 g/mol. The summed E-state index contributed by atoms with van der Waals surface area (Å²) in [5, 5.41) is 4.22. The van der Waals surface area contributed by atoms with Crippen LogP contribution < -0.4 is 0 Å². The number of rotatable bonds is 1. The molecule has 0 spiro atoms. The van der Waals surface area contributed by atoms with Crippen LogP contribution in [0.25, 0.3) is 5.71 Å². The molecule has 0 amide bonds. The highest BCUT2D eigenvalue weighted by Gasteiger charge is 2.11. The van der Waals surface area contributed by atoms with Crippen molar-refractivity contribution < 1.29 is 4.42 Å². The zero-order chi connectivity index (χ0) is 8.72. The van der Waals surface area contributed by atoms with Crippen LogP contribution in [0.3, 0.4) is 0 Å². The van der Waals surface area contributed by atoms with Crippen molar-refractivity contribution >= 4 is 5.71 Å². The molecule has 64 valence electrons. The van der Waals surface area contributed by atoms with Gasteiger partial charge in [0.1, 0.15) is 6.26 Å². The van der Waals surface area contributed by atoms with Crippen molar-refractivity contribution in [1.82, 2.24) is 9.61 Å². The average Bonchev–Trinajstić information content (AvgIpc) is 2.53. The van der Waals surface area contributed by atoms with Crippen LogP contribution in [0.5, 0.6) is 0 Å². The zero-order valence-electron chi connectivity index (χ0n) is 7.53. The van der Waals surface area contributed by atoms with Crippen LogP contribution in [0.15, 0.2) is 16.9 Å². The van der Waals surface area contributed by atoms with E-state index in [2.05, 4.69) is 18.9 Å². The first-order chi connectivity index (χ1) is 5.70. The van der Waals surface area contributed by atoms with E-state index in [1.54, 1.807) is 6.26 Å². The Hall–Kier alpha value is -1.25. The van der Waals surface area contributed by atoms with Crippen LogP contribution in [0.2, 0.25) is 0 Å². The Morgan fingerprint density at radius 3 is 2.92 bits per heavy atom. The summed E-state index contributed by atoms with van der Waals surface area (Å²) in [5.74, 6) is 0.466. The fraction of sp³-hybridized carbons (Fsp3) is 0.444. The number of hydrogen-bond acceptors (Lipinski definition) is 2. The fourth-order valence-electron chi connectivity index (χ4n) is 1.31. The third kappa shape index (κ3) is 0.858. The maximum atomic E-state index is 5.38. The van der Waals surface area contributed by atoms with Gasteiger partial charge in [-0.3, -0.25) is 0 Å². The predicted molar refractivity (Wildman–Crippen MR) is 46.3 cm³/mol. The van der Waals surface area contributed by atoms with Crippen LogP contribution in [0.1, 0.15) is 31.0 Å². The van der Waals surface area contributed by atoms with Crippen molar-refractivity contribution in [3.8, 4) is 0 Å². The molecule has 0 fully saturated rings. The van der Waals surface area contributed by atoms with Crippen molar-refractivity contribution in [3.05, 3.63) is 23.7 Å². The molecular weight excluding hydrogens is 152 g/mol. The molecule has 0 N–H and O–H groups in total. The summed E-state index contributed by atoms with van der Waals surface area (Å²) in [5.41, 5.74) is 3.09. The smallest absolute Gasteiger partial charge is 0.225 e. The summed E-state index contributed by atoms with van der Waals surface area (Å²) in [6.45, 7) is 6.25. The van der Waals surface area contributed by atoms with Crippen LogP contribution in [0.4, 0.5) is 0 Å². The summed E-state index contributed by atoms with van der Waals surface area (Å²) in [7, 11) is 0. The summed E-state index contributed by atoms with van der Waals surface area (Å²) in [4.78, 5) is 0. The topological polar surface area (TPSA) is 30.4 Å². The van der Waals surface area contributed by atoms with Crippen molar-refractivity contribution in [2.75, 3.05) is 0 Å². The van der Waals surface area contributed by atoms with Gasteiger partial charge >= 0.3 is 0 Å². The molecule has 2 aromatic rings. The molecule has 12 heavy (non-hydrogen) atoms. The van der Waals surface area contributed by atoms with Crippen molar-refractivity contribution in [3.63, 3.8) is 0 Å². The van der Waals surface area contributed by atoms with Gasteiger partial charge in [-0.15, -0.1) is 0 Å². The Kier molecular flexibility index (Phi) is 1.46. The molecule has 0 aliphatic rings. The molecule has 0 aliphatic carbocycles. The van der Waals surface area contributed by atoms with Crippen molar-refractivity contribution in [2.24, 2.45) is 0 Å². The Balaban J connectivity index is 2.71. The maximum Gasteiger partial charge on any atom is 0.225 e. The standard InChI is InChI=1S/C9H12N2O/c1-6(2)8-4-10-11-7(3)5-12-9(8)11/h4-6H,1-3H3. The van der Waals surface area contributed by atoms with Gasteiger partial charge in [0.15, 0.2) is 0 Å². The highest BCUT2D eigenvalue weighted by molar-refractivity contribution is 5.45. The van der Waals surface area contributed by atoms with Gasteiger partial charge in [0, 0.05) is 5.56 Å². The van der Waals surface area contributed by atoms with Gasteiger partial charge in [-0.2, -0.15) is 5.10 Å². The molecule has 3 nitrogen and oxygen atoms in total. The number of hydrogen-bond donors (Lipinski definition) is 0. The molecule has 3 heteroatoms. The van der Waals surface area contributed by atoms with Gasteiger partial charge in [0.2, 0.25) is 5.71 Å². The van der Waals surface area contributed by atoms with E-state index in [4.69, 9.17) is 4.42 Å². The van der Waals surface area contributed by atoms with E-state index < -0.39 is 0 Å². The minimum absolute atomic E-state index is 0.466.